The Kier molecular flexibility index (Phi) is 3.40. The van der Waals surface area contributed by atoms with E-state index in [-0.39, 0.29) is 17.5 Å². The lowest BCUT2D eigenvalue weighted by molar-refractivity contribution is -0.148. The molecule has 126 valence electrons. The first-order valence-electron chi connectivity index (χ1n) is 7.42. The fourth-order valence-electron chi connectivity index (χ4n) is 3.73. The molecule has 0 radical (unpaired) electrons. The van der Waals surface area contributed by atoms with Crippen molar-refractivity contribution in [2.75, 3.05) is 24.7 Å². The normalized spacial score (nSPS) is 25.0. The van der Waals surface area contributed by atoms with Crippen molar-refractivity contribution in [3.05, 3.63) is 28.0 Å². The Labute approximate surface area is 144 Å². The van der Waals surface area contributed by atoms with E-state index in [2.05, 4.69) is 26.6 Å². The summed E-state index contributed by atoms with van der Waals surface area (Å²) in [5.74, 6) is -1.71. The van der Waals surface area contributed by atoms with Gasteiger partial charge in [-0.1, -0.05) is 0 Å². The fraction of sp³-hybridized carbons (Fsp3) is 0.400. The summed E-state index contributed by atoms with van der Waals surface area (Å²) >= 11 is 3.14. The van der Waals surface area contributed by atoms with Crippen LogP contribution in [0.3, 0.4) is 0 Å². The Morgan fingerprint density at radius 3 is 2.67 bits per heavy atom. The van der Waals surface area contributed by atoms with Gasteiger partial charge in [0, 0.05) is 12.2 Å². The Morgan fingerprint density at radius 1 is 1.25 bits per heavy atom. The van der Waals surface area contributed by atoms with E-state index >= 15 is 0 Å². The molecular weight excluding hydrogens is 385 g/mol. The summed E-state index contributed by atoms with van der Waals surface area (Å²) in [5, 5.41) is 4.36. The van der Waals surface area contributed by atoms with E-state index in [9.17, 15) is 18.8 Å². The van der Waals surface area contributed by atoms with Crippen molar-refractivity contribution in [2.24, 2.45) is 5.41 Å². The van der Waals surface area contributed by atoms with Gasteiger partial charge in [-0.25, -0.2) is 9.18 Å². The van der Waals surface area contributed by atoms with Crippen LogP contribution in [0.1, 0.15) is 5.56 Å². The Morgan fingerprint density at radius 2 is 1.96 bits per heavy atom. The van der Waals surface area contributed by atoms with Gasteiger partial charge in [0.1, 0.15) is 5.82 Å². The maximum absolute atomic E-state index is 14.0. The molecule has 2 N–H and O–H groups in total. The van der Waals surface area contributed by atoms with Crippen molar-refractivity contribution in [2.45, 2.75) is 12.5 Å². The summed E-state index contributed by atoms with van der Waals surface area (Å²) in [6.45, 7) is 0.979. The molecule has 1 unspecified atom stereocenters. The number of rotatable bonds is 0. The van der Waals surface area contributed by atoms with Crippen molar-refractivity contribution in [1.29, 1.82) is 0 Å². The highest BCUT2D eigenvalue weighted by atomic mass is 79.9. The predicted molar refractivity (Wildman–Crippen MR) is 83.9 cm³/mol. The molecule has 4 rings (SSSR count). The van der Waals surface area contributed by atoms with Crippen molar-refractivity contribution >= 4 is 39.5 Å². The summed E-state index contributed by atoms with van der Waals surface area (Å²) in [6, 6.07) is 1.54. The van der Waals surface area contributed by atoms with Gasteiger partial charge in [-0.15, -0.1) is 0 Å². The largest absolute Gasteiger partial charge is 0.377 e. The van der Waals surface area contributed by atoms with E-state index in [0.717, 1.165) is 0 Å². The van der Waals surface area contributed by atoms with E-state index in [0.29, 0.717) is 24.4 Å². The van der Waals surface area contributed by atoms with E-state index in [4.69, 9.17) is 4.74 Å². The van der Waals surface area contributed by atoms with Gasteiger partial charge in [-0.3, -0.25) is 20.2 Å². The molecule has 2 saturated heterocycles. The van der Waals surface area contributed by atoms with Crippen LogP contribution in [0.5, 0.6) is 0 Å². The number of benzene rings is 1. The Balaban J connectivity index is 1.90. The summed E-state index contributed by atoms with van der Waals surface area (Å²) in [6.07, 6.45) is 0.0662. The lowest BCUT2D eigenvalue weighted by Gasteiger charge is -2.51. The van der Waals surface area contributed by atoms with Crippen LogP contribution in [0, 0.1) is 11.2 Å². The Hall–Kier alpha value is -2.00. The number of ether oxygens (including phenoxy) is 1. The van der Waals surface area contributed by atoms with Crippen LogP contribution in [0.2, 0.25) is 0 Å². The summed E-state index contributed by atoms with van der Waals surface area (Å²) in [7, 11) is 0. The second-order valence-corrected chi connectivity index (χ2v) is 6.92. The van der Waals surface area contributed by atoms with E-state index < -0.39 is 35.1 Å². The van der Waals surface area contributed by atoms with Crippen molar-refractivity contribution in [3.8, 4) is 0 Å². The molecular formula is C15H13BrFN3O4. The molecule has 0 aromatic heterocycles. The standard InChI is InChI=1S/C15H13BrFN3O4/c16-8-3-7-5-15(12(21)18-14(23)19-13(15)22)11-6-24-2-1-20(11)10(7)4-9(8)17/h3-4,11H,1-2,5-6H2,(H2,18,19,21,22,23). The van der Waals surface area contributed by atoms with Crippen LogP contribution in [0.25, 0.3) is 0 Å². The third kappa shape index (κ3) is 2.01. The van der Waals surface area contributed by atoms with Gasteiger partial charge in [-0.2, -0.15) is 0 Å². The molecule has 24 heavy (non-hydrogen) atoms. The minimum absolute atomic E-state index is 0.0662. The van der Waals surface area contributed by atoms with Crippen molar-refractivity contribution in [3.63, 3.8) is 0 Å². The van der Waals surface area contributed by atoms with Crippen LogP contribution in [-0.4, -0.2) is 43.6 Å². The fourth-order valence-corrected chi connectivity index (χ4v) is 4.12. The number of nitrogens with one attached hydrogen (secondary N) is 2. The average molecular weight is 398 g/mol. The number of nitrogens with zero attached hydrogens (tertiary/aromatic N) is 1. The van der Waals surface area contributed by atoms with E-state index in [1.54, 1.807) is 6.07 Å². The lowest BCUT2D eigenvalue weighted by atomic mass is 9.68. The number of imide groups is 2. The van der Waals surface area contributed by atoms with Gasteiger partial charge in [0.05, 0.1) is 23.7 Å². The maximum Gasteiger partial charge on any atom is 0.328 e. The molecule has 1 atom stereocenters. The topological polar surface area (TPSA) is 87.7 Å². The zero-order valence-corrected chi connectivity index (χ0v) is 14.0. The summed E-state index contributed by atoms with van der Waals surface area (Å²) in [4.78, 5) is 38.6. The number of carbonyl (C=O) groups excluding carboxylic acids is 3. The van der Waals surface area contributed by atoms with Gasteiger partial charge in [0.15, 0.2) is 5.41 Å². The molecule has 3 aliphatic rings. The quantitative estimate of drug-likeness (QED) is 0.629. The third-order valence-electron chi connectivity index (χ3n) is 4.86. The smallest absolute Gasteiger partial charge is 0.328 e. The number of urea groups is 1. The lowest BCUT2D eigenvalue weighted by Crippen LogP contribution is -2.73. The highest BCUT2D eigenvalue weighted by Crippen LogP contribution is 2.45. The molecule has 1 aromatic carbocycles. The summed E-state index contributed by atoms with van der Waals surface area (Å²) in [5.41, 5.74) is -0.174. The van der Waals surface area contributed by atoms with Gasteiger partial charge in [-0.05, 0) is 40.0 Å². The van der Waals surface area contributed by atoms with Crippen LogP contribution in [-0.2, 0) is 20.7 Å². The number of fused-ring (bicyclic) bond motifs is 4. The van der Waals surface area contributed by atoms with Crippen LogP contribution >= 0.6 is 15.9 Å². The molecule has 3 aliphatic heterocycles. The minimum Gasteiger partial charge on any atom is -0.377 e. The Bertz CT molecular complexity index is 764. The minimum atomic E-state index is -1.49. The number of anilines is 1. The number of carbonyl (C=O) groups is 3. The highest BCUT2D eigenvalue weighted by molar-refractivity contribution is 9.10. The molecule has 9 heteroatoms. The molecule has 1 aromatic rings. The SMILES string of the molecule is O=C1NC(=O)C2(Cc3cc(Br)c(F)cc3N3CCOCC32)C(=O)N1. The first-order chi connectivity index (χ1) is 11.4. The number of hydrogen-bond donors (Lipinski definition) is 2. The van der Waals surface area contributed by atoms with Gasteiger partial charge in [0.25, 0.3) is 0 Å². The first-order valence-corrected chi connectivity index (χ1v) is 8.22. The van der Waals surface area contributed by atoms with E-state index in [1.807, 2.05) is 4.90 Å². The molecule has 3 heterocycles. The number of amides is 4. The number of halogens is 2. The molecule has 0 saturated carbocycles. The number of barbiturate groups is 1. The molecule has 2 fully saturated rings. The van der Waals surface area contributed by atoms with Crippen molar-refractivity contribution < 1.29 is 23.5 Å². The van der Waals surface area contributed by atoms with Gasteiger partial charge >= 0.3 is 6.03 Å². The maximum atomic E-state index is 14.0. The van der Waals surface area contributed by atoms with Gasteiger partial charge in [0.2, 0.25) is 11.8 Å². The second-order valence-electron chi connectivity index (χ2n) is 6.06. The monoisotopic (exact) mass is 397 g/mol. The average Bonchev–Trinajstić information content (AvgIpc) is 2.54. The zero-order chi connectivity index (χ0) is 17.1. The molecule has 1 spiro atoms. The number of morpholine rings is 1. The molecule has 0 aliphatic carbocycles. The van der Waals surface area contributed by atoms with Crippen LogP contribution in [0.4, 0.5) is 14.9 Å². The highest BCUT2D eigenvalue weighted by Gasteiger charge is 2.60. The number of hydrogen-bond acceptors (Lipinski definition) is 5. The zero-order valence-electron chi connectivity index (χ0n) is 12.4. The first kappa shape index (κ1) is 15.5. The van der Waals surface area contributed by atoms with Gasteiger partial charge < -0.3 is 9.64 Å². The summed E-state index contributed by atoms with van der Waals surface area (Å²) < 4.78 is 19.7. The van der Waals surface area contributed by atoms with E-state index in [1.165, 1.54) is 6.07 Å². The van der Waals surface area contributed by atoms with Crippen LogP contribution < -0.4 is 15.5 Å². The third-order valence-corrected chi connectivity index (χ3v) is 5.47. The molecule has 4 amide bonds. The molecule has 0 bridgehead atoms. The second kappa shape index (κ2) is 5.25. The predicted octanol–water partition coefficient (Wildman–Crippen LogP) is 0.702. The van der Waals surface area contributed by atoms with Crippen molar-refractivity contribution in [1.82, 2.24) is 10.6 Å². The molecule has 7 nitrogen and oxygen atoms in total. The van der Waals surface area contributed by atoms with Crippen LogP contribution in [0.15, 0.2) is 16.6 Å².